The van der Waals surface area contributed by atoms with E-state index in [1.807, 2.05) is 0 Å². The molecule has 0 aromatic carbocycles. The number of nitrogens with one attached hydrogen (secondary N) is 1. The molecule has 0 bridgehead atoms. The van der Waals surface area contributed by atoms with Gasteiger partial charge in [-0.3, -0.25) is 14.9 Å². The molecule has 80 valence electrons. The van der Waals surface area contributed by atoms with E-state index in [4.69, 9.17) is 5.11 Å². The Labute approximate surface area is 86.8 Å². The first kappa shape index (κ1) is 11.3. The van der Waals surface area contributed by atoms with E-state index in [9.17, 15) is 9.59 Å². The fraction of sp³-hybridized carbons (Fsp3) is 0.750. The standard InChI is InChI=1S/C8H14N2O3S/c1-10(2)7(11)3-6-9-5(4-14-6)8(12)13/h5-6,9H,3-4H2,1-2H3,(H,12,13)/t5-,6?/m0/s1. The lowest BCUT2D eigenvalue weighted by atomic mass is 10.3. The van der Waals surface area contributed by atoms with Gasteiger partial charge in [0.05, 0.1) is 11.8 Å². The highest BCUT2D eigenvalue weighted by Crippen LogP contribution is 2.21. The van der Waals surface area contributed by atoms with Crippen LogP contribution in [-0.2, 0) is 9.59 Å². The summed E-state index contributed by atoms with van der Waals surface area (Å²) in [6, 6.07) is -0.514. The third-order valence-corrected chi connectivity index (χ3v) is 3.24. The summed E-state index contributed by atoms with van der Waals surface area (Å²) in [6.45, 7) is 0. The Morgan fingerprint density at radius 2 is 2.21 bits per heavy atom. The number of hydrogen-bond donors (Lipinski definition) is 2. The summed E-state index contributed by atoms with van der Waals surface area (Å²) in [4.78, 5) is 23.4. The van der Waals surface area contributed by atoms with Crippen LogP contribution in [0.15, 0.2) is 0 Å². The largest absolute Gasteiger partial charge is 0.480 e. The number of rotatable bonds is 3. The molecule has 1 unspecified atom stereocenters. The molecule has 0 aromatic rings. The number of nitrogens with zero attached hydrogens (tertiary/aromatic N) is 1. The lowest BCUT2D eigenvalue weighted by Gasteiger charge is -2.14. The minimum absolute atomic E-state index is 0.0149. The molecule has 0 spiro atoms. The average Bonchev–Trinajstić information content (AvgIpc) is 2.52. The summed E-state index contributed by atoms with van der Waals surface area (Å²) >= 11 is 1.49. The number of amides is 1. The van der Waals surface area contributed by atoms with E-state index >= 15 is 0 Å². The van der Waals surface area contributed by atoms with Gasteiger partial charge in [0.25, 0.3) is 0 Å². The molecule has 2 N–H and O–H groups in total. The van der Waals surface area contributed by atoms with Crippen LogP contribution in [0.1, 0.15) is 6.42 Å². The Morgan fingerprint density at radius 3 is 2.64 bits per heavy atom. The number of carbonyl (C=O) groups is 2. The van der Waals surface area contributed by atoms with Gasteiger partial charge in [0, 0.05) is 19.8 Å². The van der Waals surface area contributed by atoms with Gasteiger partial charge in [0.1, 0.15) is 6.04 Å². The Kier molecular flexibility index (Phi) is 3.77. The second-order valence-electron chi connectivity index (χ2n) is 3.37. The van der Waals surface area contributed by atoms with E-state index in [0.717, 1.165) is 0 Å². The van der Waals surface area contributed by atoms with Crippen molar-refractivity contribution in [2.45, 2.75) is 17.8 Å². The fourth-order valence-corrected chi connectivity index (χ4v) is 2.32. The van der Waals surface area contributed by atoms with E-state index < -0.39 is 12.0 Å². The van der Waals surface area contributed by atoms with Crippen molar-refractivity contribution in [2.75, 3.05) is 19.8 Å². The van der Waals surface area contributed by atoms with Gasteiger partial charge in [0.2, 0.25) is 5.91 Å². The maximum Gasteiger partial charge on any atom is 0.321 e. The highest BCUT2D eigenvalue weighted by atomic mass is 32.2. The molecule has 1 aliphatic heterocycles. The summed E-state index contributed by atoms with van der Waals surface area (Å²) < 4.78 is 0. The van der Waals surface area contributed by atoms with Gasteiger partial charge < -0.3 is 10.0 Å². The molecule has 1 saturated heterocycles. The van der Waals surface area contributed by atoms with Crippen molar-refractivity contribution in [3.05, 3.63) is 0 Å². The van der Waals surface area contributed by atoms with Crippen molar-refractivity contribution in [1.29, 1.82) is 0 Å². The van der Waals surface area contributed by atoms with Crippen LogP contribution in [0.25, 0.3) is 0 Å². The van der Waals surface area contributed by atoms with Crippen LogP contribution in [0.3, 0.4) is 0 Å². The van der Waals surface area contributed by atoms with Gasteiger partial charge in [0.15, 0.2) is 0 Å². The zero-order chi connectivity index (χ0) is 10.7. The maximum absolute atomic E-state index is 11.3. The van der Waals surface area contributed by atoms with Gasteiger partial charge in [-0.05, 0) is 0 Å². The van der Waals surface area contributed by atoms with Gasteiger partial charge in [-0.2, -0.15) is 0 Å². The van der Waals surface area contributed by atoms with E-state index in [1.165, 1.54) is 16.7 Å². The smallest absolute Gasteiger partial charge is 0.321 e. The fourth-order valence-electron chi connectivity index (χ4n) is 1.13. The average molecular weight is 218 g/mol. The molecule has 6 heteroatoms. The molecule has 14 heavy (non-hydrogen) atoms. The lowest BCUT2D eigenvalue weighted by Crippen LogP contribution is -2.38. The second kappa shape index (κ2) is 4.65. The number of thioether (sulfide) groups is 1. The molecule has 1 rings (SSSR count). The first-order chi connectivity index (χ1) is 6.50. The van der Waals surface area contributed by atoms with Crippen LogP contribution in [0.2, 0.25) is 0 Å². The molecule has 2 atom stereocenters. The van der Waals surface area contributed by atoms with Crippen LogP contribution in [0.4, 0.5) is 0 Å². The lowest BCUT2D eigenvalue weighted by molar-refractivity contribution is -0.139. The molecular formula is C8H14N2O3S. The predicted octanol–water partition coefficient (Wildman–Crippen LogP) is -0.420. The highest BCUT2D eigenvalue weighted by Gasteiger charge is 2.30. The summed E-state index contributed by atoms with van der Waals surface area (Å²) in [5.41, 5.74) is 0. The number of hydrogen-bond acceptors (Lipinski definition) is 4. The molecule has 0 radical (unpaired) electrons. The topological polar surface area (TPSA) is 69.6 Å². The summed E-state index contributed by atoms with van der Waals surface area (Å²) in [7, 11) is 3.38. The molecule has 1 heterocycles. The van der Waals surface area contributed by atoms with Crippen molar-refractivity contribution in [3.8, 4) is 0 Å². The van der Waals surface area contributed by atoms with Crippen molar-refractivity contribution in [1.82, 2.24) is 10.2 Å². The quantitative estimate of drug-likeness (QED) is 0.673. The predicted molar refractivity (Wildman–Crippen MR) is 54.1 cm³/mol. The number of aliphatic carboxylic acids is 1. The third-order valence-electron chi connectivity index (χ3n) is 2.01. The second-order valence-corrected chi connectivity index (χ2v) is 4.61. The number of carbonyl (C=O) groups excluding carboxylic acids is 1. The summed E-state index contributed by atoms with van der Waals surface area (Å²) in [5, 5.41) is 11.5. The van der Waals surface area contributed by atoms with Crippen LogP contribution in [0.5, 0.6) is 0 Å². The van der Waals surface area contributed by atoms with Crippen molar-refractivity contribution in [3.63, 3.8) is 0 Å². The summed E-state index contributed by atoms with van der Waals surface area (Å²) in [5.74, 6) is -0.306. The van der Waals surface area contributed by atoms with Gasteiger partial charge >= 0.3 is 5.97 Å². The zero-order valence-electron chi connectivity index (χ0n) is 8.19. The zero-order valence-corrected chi connectivity index (χ0v) is 9.00. The molecule has 0 aliphatic carbocycles. The number of carboxylic acids is 1. The van der Waals surface area contributed by atoms with E-state index in [1.54, 1.807) is 14.1 Å². The molecular weight excluding hydrogens is 204 g/mol. The van der Waals surface area contributed by atoms with E-state index in [-0.39, 0.29) is 11.3 Å². The number of carboxylic acid groups (broad SMARTS) is 1. The molecule has 1 aliphatic rings. The van der Waals surface area contributed by atoms with Crippen LogP contribution in [-0.4, -0.2) is 53.1 Å². The van der Waals surface area contributed by atoms with E-state index in [2.05, 4.69) is 5.32 Å². The Hall–Kier alpha value is -0.750. The Balaban J connectivity index is 2.36. The molecule has 5 nitrogen and oxygen atoms in total. The van der Waals surface area contributed by atoms with Gasteiger partial charge in [-0.1, -0.05) is 0 Å². The Morgan fingerprint density at radius 1 is 1.57 bits per heavy atom. The molecule has 0 saturated carbocycles. The monoisotopic (exact) mass is 218 g/mol. The van der Waals surface area contributed by atoms with Crippen molar-refractivity contribution < 1.29 is 14.7 Å². The minimum Gasteiger partial charge on any atom is -0.480 e. The first-order valence-electron chi connectivity index (χ1n) is 4.31. The normalized spacial score (nSPS) is 26.1. The maximum atomic E-state index is 11.3. The molecule has 1 amide bonds. The van der Waals surface area contributed by atoms with Crippen molar-refractivity contribution in [2.24, 2.45) is 0 Å². The Bertz CT molecular complexity index is 245. The van der Waals surface area contributed by atoms with Crippen LogP contribution >= 0.6 is 11.8 Å². The van der Waals surface area contributed by atoms with Crippen molar-refractivity contribution >= 4 is 23.6 Å². The van der Waals surface area contributed by atoms with E-state index in [0.29, 0.717) is 12.2 Å². The molecule has 1 fully saturated rings. The minimum atomic E-state index is -0.850. The highest BCUT2D eigenvalue weighted by molar-refractivity contribution is 8.00. The first-order valence-corrected chi connectivity index (χ1v) is 5.36. The van der Waals surface area contributed by atoms with Gasteiger partial charge in [-0.25, -0.2) is 0 Å². The summed E-state index contributed by atoms with van der Waals surface area (Å²) in [6.07, 6.45) is 0.349. The molecule has 0 aromatic heterocycles. The van der Waals surface area contributed by atoms with Crippen LogP contribution < -0.4 is 5.32 Å². The SMILES string of the molecule is CN(C)C(=O)CC1N[C@H](C(=O)O)CS1. The third kappa shape index (κ3) is 2.88. The van der Waals surface area contributed by atoms with Crippen LogP contribution in [0, 0.1) is 0 Å². The van der Waals surface area contributed by atoms with Gasteiger partial charge in [-0.15, -0.1) is 11.8 Å².